The van der Waals surface area contributed by atoms with Crippen LogP contribution in [0.1, 0.15) is 34.0 Å². The Morgan fingerprint density at radius 1 is 1.00 bits per heavy atom. The fourth-order valence-electron chi connectivity index (χ4n) is 2.94. The van der Waals surface area contributed by atoms with Crippen molar-refractivity contribution in [3.8, 4) is 0 Å². The van der Waals surface area contributed by atoms with Crippen molar-refractivity contribution in [2.45, 2.75) is 27.7 Å². The molecule has 0 saturated carbocycles. The van der Waals surface area contributed by atoms with Crippen LogP contribution in [-0.4, -0.2) is 51.8 Å². The monoisotopic (exact) mass is 447 g/mol. The molecular formula is C22H29N3O5S. The highest BCUT2D eigenvalue weighted by molar-refractivity contribution is 7.90. The van der Waals surface area contributed by atoms with Gasteiger partial charge in [0.15, 0.2) is 0 Å². The molecule has 9 heteroatoms. The molecule has 0 saturated heterocycles. The molecule has 0 aromatic heterocycles. The minimum Gasteiger partial charge on any atom is -0.462 e. The molecule has 168 valence electrons. The molecule has 8 nitrogen and oxygen atoms in total. The Hall–Kier alpha value is -2.91. The van der Waals surface area contributed by atoms with Crippen molar-refractivity contribution in [1.29, 1.82) is 0 Å². The molecule has 31 heavy (non-hydrogen) atoms. The predicted octanol–water partition coefficient (Wildman–Crippen LogP) is 3.04. The molecule has 2 aromatic carbocycles. The Bertz CT molecular complexity index is 1080. The number of anilines is 2. The van der Waals surface area contributed by atoms with Gasteiger partial charge in [-0.1, -0.05) is 12.1 Å². The molecule has 0 radical (unpaired) electrons. The Labute approximate surface area is 184 Å². The standard InChI is InChI=1S/C22H29N3O5S/c1-7-30-22(27)18-10-11-19(17(4)13-18)23-21(26)14-25(31(28,29)24(5)6)20-12-15(2)8-9-16(20)3/h8-13H,7,14H2,1-6H3,(H,23,26). The summed E-state index contributed by atoms with van der Waals surface area (Å²) in [6, 6.07) is 10.2. The largest absolute Gasteiger partial charge is 0.462 e. The number of amides is 1. The van der Waals surface area contributed by atoms with E-state index in [2.05, 4.69) is 5.32 Å². The third kappa shape index (κ3) is 5.83. The minimum absolute atomic E-state index is 0.269. The van der Waals surface area contributed by atoms with Crippen LogP contribution in [-0.2, 0) is 19.7 Å². The summed E-state index contributed by atoms with van der Waals surface area (Å²) in [5.41, 5.74) is 3.58. The number of benzene rings is 2. The van der Waals surface area contributed by atoms with Crippen molar-refractivity contribution in [2.24, 2.45) is 0 Å². The van der Waals surface area contributed by atoms with Gasteiger partial charge in [0.25, 0.3) is 0 Å². The van der Waals surface area contributed by atoms with Crippen LogP contribution in [0.2, 0.25) is 0 Å². The summed E-state index contributed by atoms with van der Waals surface area (Å²) in [6.07, 6.45) is 0. The average Bonchev–Trinajstić information content (AvgIpc) is 2.69. The van der Waals surface area contributed by atoms with Gasteiger partial charge in [-0.3, -0.25) is 4.79 Å². The van der Waals surface area contributed by atoms with Gasteiger partial charge in [0, 0.05) is 19.8 Å². The van der Waals surface area contributed by atoms with E-state index in [0.29, 0.717) is 22.5 Å². The lowest BCUT2D eigenvalue weighted by Gasteiger charge is -2.28. The van der Waals surface area contributed by atoms with E-state index in [0.717, 1.165) is 19.7 Å². The highest BCUT2D eigenvalue weighted by Crippen LogP contribution is 2.25. The van der Waals surface area contributed by atoms with Crippen LogP contribution in [0.15, 0.2) is 36.4 Å². The van der Waals surface area contributed by atoms with Crippen LogP contribution < -0.4 is 9.62 Å². The lowest BCUT2D eigenvalue weighted by Crippen LogP contribution is -2.44. The van der Waals surface area contributed by atoms with Gasteiger partial charge in [-0.05, 0) is 68.7 Å². The number of hydrogen-bond acceptors (Lipinski definition) is 5. The van der Waals surface area contributed by atoms with Crippen LogP contribution in [0.25, 0.3) is 0 Å². The Morgan fingerprint density at radius 3 is 2.26 bits per heavy atom. The Balaban J connectivity index is 2.31. The first kappa shape index (κ1) is 24.4. The van der Waals surface area contributed by atoms with E-state index in [-0.39, 0.29) is 6.61 Å². The predicted molar refractivity (Wildman–Crippen MR) is 122 cm³/mol. The molecule has 0 aliphatic heterocycles. The molecule has 2 aromatic rings. The van der Waals surface area contributed by atoms with E-state index < -0.39 is 28.6 Å². The summed E-state index contributed by atoms with van der Waals surface area (Å²) in [7, 11) is -1.07. The molecule has 0 atom stereocenters. The maximum absolute atomic E-state index is 13.0. The number of hydrogen-bond donors (Lipinski definition) is 1. The molecule has 0 unspecified atom stereocenters. The lowest BCUT2D eigenvalue weighted by molar-refractivity contribution is -0.114. The first-order valence-corrected chi connectivity index (χ1v) is 11.2. The summed E-state index contributed by atoms with van der Waals surface area (Å²) in [5, 5.41) is 2.74. The van der Waals surface area contributed by atoms with Crippen LogP contribution >= 0.6 is 0 Å². The van der Waals surface area contributed by atoms with Crippen LogP contribution in [0.3, 0.4) is 0 Å². The van der Waals surface area contributed by atoms with Crippen LogP contribution in [0, 0.1) is 20.8 Å². The molecule has 2 rings (SSSR count). The fourth-order valence-corrected chi connectivity index (χ4v) is 4.06. The van der Waals surface area contributed by atoms with E-state index in [4.69, 9.17) is 4.74 Å². The topological polar surface area (TPSA) is 96.0 Å². The summed E-state index contributed by atoms with van der Waals surface area (Å²) < 4.78 is 33.0. The summed E-state index contributed by atoms with van der Waals surface area (Å²) >= 11 is 0. The van der Waals surface area contributed by atoms with E-state index in [9.17, 15) is 18.0 Å². The number of carbonyl (C=O) groups excluding carboxylic acids is 2. The molecule has 1 N–H and O–H groups in total. The van der Waals surface area contributed by atoms with Gasteiger partial charge >= 0.3 is 16.2 Å². The molecule has 0 aliphatic carbocycles. The van der Waals surface area contributed by atoms with Crippen molar-refractivity contribution in [3.63, 3.8) is 0 Å². The zero-order valence-electron chi connectivity index (χ0n) is 18.7. The van der Waals surface area contributed by atoms with Crippen molar-refractivity contribution < 1.29 is 22.7 Å². The molecule has 1 amide bonds. The first-order valence-electron chi connectivity index (χ1n) is 9.82. The molecule has 0 fully saturated rings. The highest BCUT2D eigenvalue weighted by Gasteiger charge is 2.28. The number of esters is 1. The number of carbonyl (C=O) groups is 2. The zero-order valence-corrected chi connectivity index (χ0v) is 19.5. The van der Waals surface area contributed by atoms with Gasteiger partial charge in [-0.2, -0.15) is 12.7 Å². The smallest absolute Gasteiger partial charge is 0.338 e. The number of nitrogens with one attached hydrogen (secondary N) is 1. The summed E-state index contributed by atoms with van der Waals surface area (Å²) in [6.45, 7) is 7.00. The van der Waals surface area contributed by atoms with E-state index in [1.165, 1.54) is 14.1 Å². The second-order valence-corrected chi connectivity index (χ2v) is 9.45. The molecule has 0 heterocycles. The first-order chi connectivity index (χ1) is 14.5. The van der Waals surface area contributed by atoms with Gasteiger partial charge in [0.05, 0.1) is 17.9 Å². The third-order valence-electron chi connectivity index (χ3n) is 4.67. The SMILES string of the molecule is CCOC(=O)c1ccc(NC(=O)CN(c2cc(C)ccc2C)S(=O)(=O)N(C)C)c(C)c1. The van der Waals surface area contributed by atoms with E-state index in [1.807, 2.05) is 19.1 Å². The number of ether oxygens (including phenoxy) is 1. The van der Waals surface area contributed by atoms with Gasteiger partial charge in [0.2, 0.25) is 5.91 Å². The van der Waals surface area contributed by atoms with E-state index >= 15 is 0 Å². The van der Waals surface area contributed by atoms with Gasteiger partial charge in [-0.15, -0.1) is 0 Å². The summed E-state index contributed by atoms with van der Waals surface area (Å²) in [4.78, 5) is 24.7. The summed E-state index contributed by atoms with van der Waals surface area (Å²) in [5.74, 6) is -0.944. The number of rotatable bonds is 8. The van der Waals surface area contributed by atoms with Gasteiger partial charge in [-0.25, -0.2) is 9.10 Å². The van der Waals surface area contributed by atoms with Gasteiger partial charge < -0.3 is 10.1 Å². The zero-order chi connectivity index (χ0) is 23.3. The molecule has 0 spiro atoms. The Morgan fingerprint density at radius 2 is 1.68 bits per heavy atom. The number of nitrogens with zero attached hydrogens (tertiary/aromatic N) is 2. The van der Waals surface area contributed by atoms with E-state index in [1.54, 1.807) is 45.0 Å². The fraction of sp³-hybridized carbons (Fsp3) is 0.364. The molecular weight excluding hydrogens is 418 g/mol. The van der Waals surface area contributed by atoms with Crippen molar-refractivity contribution in [1.82, 2.24) is 4.31 Å². The van der Waals surface area contributed by atoms with Crippen LogP contribution in [0.4, 0.5) is 11.4 Å². The maximum Gasteiger partial charge on any atom is 0.338 e. The van der Waals surface area contributed by atoms with Crippen molar-refractivity contribution in [2.75, 3.05) is 36.9 Å². The molecule has 0 bridgehead atoms. The number of aryl methyl sites for hydroxylation is 3. The normalized spacial score (nSPS) is 11.3. The lowest BCUT2D eigenvalue weighted by atomic mass is 10.1. The minimum atomic E-state index is -3.91. The highest BCUT2D eigenvalue weighted by atomic mass is 32.2. The van der Waals surface area contributed by atoms with Crippen molar-refractivity contribution >= 4 is 33.5 Å². The van der Waals surface area contributed by atoms with Crippen LogP contribution in [0.5, 0.6) is 0 Å². The second-order valence-electron chi connectivity index (χ2n) is 7.39. The van der Waals surface area contributed by atoms with Gasteiger partial charge in [0.1, 0.15) is 6.54 Å². The Kier molecular flexibility index (Phi) is 7.80. The average molecular weight is 448 g/mol. The third-order valence-corrected chi connectivity index (χ3v) is 6.48. The quantitative estimate of drug-likeness (QED) is 0.628. The maximum atomic E-state index is 13.0. The van der Waals surface area contributed by atoms with Crippen molar-refractivity contribution in [3.05, 3.63) is 58.7 Å². The molecule has 0 aliphatic rings. The second kappa shape index (κ2) is 9.93.